The number of rotatable bonds is 4. The van der Waals surface area contributed by atoms with Crippen molar-refractivity contribution < 1.29 is 18.8 Å². The number of Topliss-reactive ketones (excluding diaryl/α,β-unsaturated/α-hetero) is 1. The van der Waals surface area contributed by atoms with E-state index in [1.807, 2.05) is 0 Å². The smallest absolute Gasteiger partial charge is 0.294 e. The van der Waals surface area contributed by atoms with Gasteiger partial charge in [0.15, 0.2) is 0 Å². The zero-order valence-electron chi connectivity index (χ0n) is 17.3. The highest BCUT2D eigenvalue weighted by Crippen LogP contribution is 2.24. The van der Waals surface area contributed by atoms with Crippen molar-refractivity contribution in [1.82, 2.24) is 9.88 Å². The predicted octanol–water partition coefficient (Wildman–Crippen LogP) is 3.44. The van der Waals surface area contributed by atoms with E-state index < -0.39 is 29.0 Å². The van der Waals surface area contributed by atoms with E-state index in [-0.39, 0.29) is 16.9 Å². The number of aryl methyl sites for hydroxylation is 1. The Kier molecular flexibility index (Phi) is 5.77. The first-order valence-corrected chi connectivity index (χ1v) is 8.94. The second-order valence-electron chi connectivity index (χ2n) is 7.92. The van der Waals surface area contributed by atoms with Crippen LogP contribution in [0, 0.1) is 26.6 Å². The van der Waals surface area contributed by atoms with E-state index in [4.69, 9.17) is 0 Å². The Balaban J connectivity index is 2.41. The number of nitrogens with one attached hydrogen (secondary N) is 2. The van der Waals surface area contributed by atoms with Gasteiger partial charge in [0.05, 0.1) is 16.9 Å². The van der Waals surface area contributed by atoms with Gasteiger partial charge in [0.1, 0.15) is 5.82 Å². The van der Waals surface area contributed by atoms with Crippen LogP contribution in [-0.4, -0.2) is 27.7 Å². The quantitative estimate of drug-likeness (QED) is 0.623. The van der Waals surface area contributed by atoms with Crippen LogP contribution in [0.3, 0.4) is 0 Å². The monoisotopic (exact) mass is 387 g/mol. The minimum Gasteiger partial charge on any atom is -0.345 e. The third kappa shape index (κ3) is 4.13. The zero-order valence-corrected chi connectivity index (χ0v) is 17.3. The number of hydrogen-bond acceptors (Lipinski definition) is 3. The molecule has 1 aromatic heterocycles. The number of carbonyl (C=O) groups is 3. The number of benzene rings is 1. The molecule has 1 heterocycles. The summed E-state index contributed by atoms with van der Waals surface area (Å²) in [6, 6.07) is 4.72. The van der Waals surface area contributed by atoms with Crippen LogP contribution in [0.15, 0.2) is 18.2 Å². The van der Waals surface area contributed by atoms with Gasteiger partial charge in [-0.15, -0.1) is 0 Å². The highest BCUT2D eigenvalue weighted by Gasteiger charge is 2.30. The van der Waals surface area contributed by atoms with Gasteiger partial charge in [-0.2, -0.15) is 0 Å². The first-order valence-electron chi connectivity index (χ1n) is 8.94. The minimum absolute atomic E-state index is 0.0611. The predicted molar refractivity (Wildman–Crippen MR) is 106 cm³/mol. The van der Waals surface area contributed by atoms with Crippen molar-refractivity contribution in [3.63, 3.8) is 0 Å². The molecule has 0 aliphatic heterocycles. The van der Waals surface area contributed by atoms with E-state index in [0.29, 0.717) is 16.8 Å². The van der Waals surface area contributed by atoms with Crippen LogP contribution < -0.4 is 10.6 Å². The van der Waals surface area contributed by atoms with Crippen molar-refractivity contribution in [1.29, 1.82) is 0 Å². The summed E-state index contributed by atoms with van der Waals surface area (Å²) in [5.41, 5.74) is 1.17. The minimum atomic E-state index is -0.743. The summed E-state index contributed by atoms with van der Waals surface area (Å²) in [4.78, 5) is 37.8. The van der Waals surface area contributed by atoms with Crippen LogP contribution in [0.25, 0.3) is 0 Å². The molecular formula is C21H26FN3O3. The average Bonchev–Trinajstić information content (AvgIpc) is 2.79. The molecule has 0 unspecified atom stereocenters. The maximum Gasteiger partial charge on any atom is 0.294 e. The van der Waals surface area contributed by atoms with Crippen molar-refractivity contribution in [2.24, 2.45) is 7.05 Å². The van der Waals surface area contributed by atoms with Crippen LogP contribution in [0.2, 0.25) is 0 Å². The van der Waals surface area contributed by atoms with Crippen molar-refractivity contribution in [3.8, 4) is 0 Å². The molecule has 2 N–H and O–H groups in total. The Labute approximate surface area is 164 Å². The number of anilines is 1. The van der Waals surface area contributed by atoms with E-state index in [0.717, 1.165) is 0 Å². The summed E-state index contributed by atoms with van der Waals surface area (Å²) >= 11 is 0. The molecule has 0 spiro atoms. The van der Waals surface area contributed by atoms with E-state index in [2.05, 4.69) is 10.6 Å². The van der Waals surface area contributed by atoms with Gasteiger partial charge in [-0.25, -0.2) is 4.39 Å². The standard InChI is InChI=1S/C21H26FN3O3/c1-11-9-8-10-14(16(11)22)23-19(27)15-12(2)17(25(7)13(15)3)18(26)20(28)24-21(4,5)6/h8-10H,1-7H3,(H,23,27)(H,24,28). The zero-order chi connectivity index (χ0) is 21.4. The Bertz CT molecular complexity index is 968. The summed E-state index contributed by atoms with van der Waals surface area (Å²) in [7, 11) is 1.62. The van der Waals surface area contributed by atoms with Crippen molar-refractivity contribution >= 4 is 23.3 Å². The van der Waals surface area contributed by atoms with Crippen LogP contribution in [0.5, 0.6) is 0 Å². The largest absolute Gasteiger partial charge is 0.345 e. The SMILES string of the molecule is Cc1cccc(NC(=O)c2c(C)c(C(=O)C(=O)NC(C)(C)C)n(C)c2C)c1F. The molecule has 150 valence electrons. The number of amides is 2. The summed E-state index contributed by atoms with van der Waals surface area (Å²) in [5.74, 6) is -2.51. The van der Waals surface area contributed by atoms with Crippen molar-refractivity contribution in [3.05, 3.63) is 52.1 Å². The van der Waals surface area contributed by atoms with Gasteiger partial charge in [0.25, 0.3) is 17.6 Å². The lowest BCUT2D eigenvalue weighted by Crippen LogP contribution is -2.44. The molecule has 2 rings (SSSR count). The second-order valence-corrected chi connectivity index (χ2v) is 7.92. The normalized spacial score (nSPS) is 11.3. The Hall–Kier alpha value is -2.96. The number of carbonyl (C=O) groups excluding carboxylic acids is 3. The van der Waals surface area contributed by atoms with E-state index in [1.165, 1.54) is 10.6 Å². The number of nitrogens with zero attached hydrogens (tertiary/aromatic N) is 1. The molecule has 0 atom stereocenters. The van der Waals surface area contributed by atoms with Crippen LogP contribution in [-0.2, 0) is 11.8 Å². The highest BCUT2D eigenvalue weighted by atomic mass is 19.1. The van der Waals surface area contributed by atoms with Gasteiger partial charge < -0.3 is 15.2 Å². The van der Waals surface area contributed by atoms with Gasteiger partial charge in [-0.3, -0.25) is 14.4 Å². The molecule has 0 saturated heterocycles. The van der Waals surface area contributed by atoms with Crippen molar-refractivity contribution in [2.75, 3.05) is 5.32 Å². The molecular weight excluding hydrogens is 361 g/mol. The van der Waals surface area contributed by atoms with Crippen molar-refractivity contribution in [2.45, 2.75) is 47.1 Å². The lowest BCUT2D eigenvalue weighted by atomic mass is 10.1. The molecule has 0 radical (unpaired) electrons. The van der Waals surface area contributed by atoms with Gasteiger partial charge in [-0.1, -0.05) is 12.1 Å². The molecule has 2 aromatic rings. The lowest BCUT2D eigenvalue weighted by Gasteiger charge is -2.20. The number of ketones is 1. The molecule has 0 fully saturated rings. The summed E-state index contributed by atoms with van der Waals surface area (Å²) in [6.45, 7) is 10.2. The molecule has 6 nitrogen and oxygen atoms in total. The first-order chi connectivity index (χ1) is 12.8. The third-order valence-electron chi connectivity index (χ3n) is 4.51. The molecule has 0 saturated carbocycles. The number of hydrogen-bond donors (Lipinski definition) is 2. The molecule has 7 heteroatoms. The molecule has 0 aliphatic carbocycles. The fourth-order valence-electron chi connectivity index (χ4n) is 3.07. The van der Waals surface area contributed by atoms with Crippen LogP contribution in [0.4, 0.5) is 10.1 Å². The second kappa shape index (κ2) is 7.58. The Morgan fingerprint density at radius 1 is 1.07 bits per heavy atom. The molecule has 0 aliphatic rings. The van der Waals surface area contributed by atoms with Gasteiger partial charge >= 0.3 is 0 Å². The molecule has 1 aromatic carbocycles. The van der Waals surface area contributed by atoms with Crippen LogP contribution in [0.1, 0.15) is 58.4 Å². The first kappa shape index (κ1) is 21.3. The molecule has 0 bridgehead atoms. The Morgan fingerprint density at radius 3 is 2.25 bits per heavy atom. The molecule has 2 amide bonds. The topological polar surface area (TPSA) is 80.2 Å². The van der Waals surface area contributed by atoms with E-state index in [9.17, 15) is 18.8 Å². The summed E-state index contributed by atoms with van der Waals surface area (Å²) < 4.78 is 15.7. The maximum absolute atomic E-state index is 14.2. The molecule has 28 heavy (non-hydrogen) atoms. The lowest BCUT2D eigenvalue weighted by molar-refractivity contribution is -0.118. The summed E-state index contributed by atoms with van der Waals surface area (Å²) in [6.07, 6.45) is 0. The van der Waals surface area contributed by atoms with Gasteiger partial charge in [0, 0.05) is 18.3 Å². The van der Waals surface area contributed by atoms with Crippen LogP contribution >= 0.6 is 0 Å². The average molecular weight is 387 g/mol. The third-order valence-corrected chi connectivity index (χ3v) is 4.51. The van der Waals surface area contributed by atoms with E-state index >= 15 is 0 Å². The highest BCUT2D eigenvalue weighted by molar-refractivity contribution is 6.43. The fourth-order valence-corrected chi connectivity index (χ4v) is 3.07. The summed E-state index contributed by atoms with van der Waals surface area (Å²) in [5, 5.41) is 5.19. The maximum atomic E-state index is 14.2. The van der Waals surface area contributed by atoms with E-state index in [1.54, 1.807) is 60.7 Å². The number of aromatic nitrogens is 1. The van der Waals surface area contributed by atoms with Gasteiger partial charge in [0.2, 0.25) is 0 Å². The number of halogens is 1. The fraction of sp³-hybridized carbons (Fsp3) is 0.381. The van der Waals surface area contributed by atoms with Gasteiger partial charge in [-0.05, 0) is 58.7 Å². The Morgan fingerprint density at radius 2 is 1.68 bits per heavy atom.